The number of imidazole rings is 1. The molecule has 0 radical (unpaired) electrons. The average Bonchev–Trinajstić information content (AvgIpc) is 3.25. The van der Waals surface area contributed by atoms with Crippen LogP contribution in [0.5, 0.6) is 0 Å². The Kier molecular flexibility index (Phi) is 3.32. The van der Waals surface area contributed by atoms with Crippen LogP contribution in [0.2, 0.25) is 0 Å². The van der Waals surface area contributed by atoms with E-state index in [1.54, 1.807) is 0 Å². The van der Waals surface area contributed by atoms with E-state index < -0.39 is 5.54 Å². The zero-order valence-corrected chi connectivity index (χ0v) is 12.3. The van der Waals surface area contributed by atoms with Crippen molar-refractivity contribution in [3.63, 3.8) is 0 Å². The molecule has 1 unspecified atom stereocenters. The van der Waals surface area contributed by atoms with Gasteiger partial charge < -0.3 is 15.0 Å². The summed E-state index contributed by atoms with van der Waals surface area (Å²) < 4.78 is 7.11. The van der Waals surface area contributed by atoms with Gasteiger partial charge in [-0.3, -0.25) is 0 Å². The Morgan fingerprint density at radius 3 is 2.80 bits per heavy atom. The molecule has 0 bridgehead atoms. The third kappa shape index (κ3) is 2.14. The van der Waals surface area contributed by atoms with Crippen LogP contribution in [0.1, 0.15) is 42.9 Å². The van der Waals surface area contributed by atoms with E-state index in [0.29, 0.717) is 6.54 Å². The first-order valence-electron chi connectivity index (χ1n) is 7.48. The van der Waals surface area contributed by atoms with Crippen LogP contribution in [-0.2, 0) is 28.9 Å². The second-order valence-corrected chi connectivity index (χ2v) is 6.15. The van der Waals surface area contributed by atoms with Crippen LogP contribution in [0.3, 0.4) is 0 Å². The maximum absolute atomic E-state index is 12.1. The summed E-state index contributed by atoms with van der Waals surface area (Å²) in [6.45, 7) is 2.50. The van der Waals surface area contributed by atoms with Crippen molar-refractivity contribution in [3.05, 3.63) is 17.2 Å². The molecule has 0 aliphatic heterocycles. The SMILES string of the molecule is COC(=O)C(N)(Cn1c(C)nc2c1CCCC2)C1CC1. The molecule has 2 N–H and O–H groups in total. The van der Waals surface area contributed by atoms with Gasteiger partial charge in [-0.25, -0.2) is 9.78 Å². The number of carbonyl (C=O) groups excluding carboxylic acids is 1. The van der Waals surface area contributed by atoms with E-state index in [0.717, 1.165) is 31.5 Å². The molecule has 1 heterocycles. The molecule has 1 saturated carbocycles. The minimum absolute atomic E-state index is 0.246. The Morgan fingerprint density at radius 1 is 1.45 bits per heavy atom. The zero-order chi connectivity index (χ0) is 14.3. The van der Waals surface area contributed by atoms with Gasteiger partial charge in [0.1, 0.15) is 11.4 Å². The molecular weight excluding hydrogens is 254 g/mol. The minimum atomic E-state index is -0.897. The van der Waals surface area contributed by atoms with Crippen molar-refractivity contribution in [1.82, 2.24) is 9.55 Å². The Morgan fingerprint density at radius 2 is 2.15 bits per heavy atom. The number of aromatic nitrogens is 2. The summed E-state index contributed by atoms with van der Waals surface area (Å²) >= 11 is 0. The Labute approximate surface area is 119 Å². The number of hydrogen-bond donors (Lipinski definition) is 1. The number of ether oxygens (including phenoxy) is 1. The fourth-order valence-electron chi connectivity index (χ4n) is 3.36. The number of hydrogen-bond acceptors (Lipinski definition) is 4. The van der Waals surface area contributed by atoms with Crippen LogP contribution in [-0.4, -0.2) is 28.2 Å². The molecule has 0 saturated heterocycles. The van der Waals surface area contributed by atoms with Crippen LogP contribution >= 0.6 is 0 Å². The van der Waals surface area contributed by atoms with Gasteiger partial charge in [0.15, 0.2) is 0 Å². The van der Waals surface area contributed by atoms with Crippen molar-refractivity contribution in [2.45, 2.75) is 57.5 Å². The summed E-state index contributed by atoms with van der Waals surface area (Å²) in [4.78, 5) is 16.8. The number of carbonyl (C=O) groups is 1. The Bertz CT molecular complexity index is 533. The number of fused-ring (bicyclic) bond motifs is 1. The number of esters is 1. The lowest BCUT2D eigenvalue weighted by Gasteiger charge is -2.28. The van der Waals surface area contributed by atoms with Crippen molar-refractivity contribution in [2.24, 2.45) is 11.7 Å². The number of methoxy groups -OCH3 is 1. The molecule has 1 atom stereocenters. The first-order chi connectivity index (χ1) is 9.56. The van der Waals surface area contributed by atoms with E-state index in [1.165, 1.54) is 31.3 Å². The van der Waals surface area contributed by atoms with Gasteiger partial charge in [-0.15, -0.1) is 0 Å². The lowest BCUT2D eigenvalue weighted by molar-refractivity contribution is -0.148. The smallest absolute Gasteiger partial charge is 0.327 e. The summed E-state index contributed by atoms with van der Waals surface area (Å²) in [5.41, 5.74) is 7.99. The fraction of sp³-hybridized carbons (Fsp3) is 0.733. The van der Waals surface area contributed by atoms with E-state index in [9.17, 15) is 4.79 Å². The van der Waals surface area contributed by atoms with Crippen molar-refractivity contribution >= 4 is 5.97 Å². The quantitative estimate of drug-likeness (QED) is 0.843. The van der Waals surface area contributed by atoms with Gasteiger partial charge in [0.25, 0.3) is 0 Å². The summed E-state index contributed by atoms with van der Waals surface area (Å²) in [5, 5.41) is 0. The summed E-state index contributed by atoms with van der Waals surface area (Å²) in [6, 6.07) is 0. The second-order valence-electron chi connectivity index (χ2n) is 6.15. The highest BCUT2D eigenvalue weighted by atomic mass is 16.5. The summed E-state index contributed by atoms with van der Waals surface area (Å²) in [5.74, 6) is 0.921. The Balaban J connectivity index is 1.93. The van der Waals surface area contributed by atoms with Crippen molar-refractivity contribution in [2.75, 3.05) is 7.11 Å². The molecular formula is C15H23N3O2. The number of nitrogens with zero attached hydrogens (tertiary/aromatic N) is 2. The van der Waals surface area contributed by atoms with Crippen LogP contribution < -0.4 is 5.73 Å². The molecule has 1 aromatic heterocycles. The molecule has 0 aromatic carbocycles. The predicted molar refractivity (Wildman–Crippen MR) is 75.3 cm³/mol. The molecule has 1 fully saturated rings. The number of rotatable bonds is 4. The van der Waals surface area contributed by atoms with Crippen LogP contribution in [0.4, 0.5) is 0 Å². The fourth-order valence-corrected chi connectivity index (χ4v) is 3.36. The molecule has 1 aromatic rings. The van der Waals surface area contributed by atoms with Crippen molar-refractivity contribution in [3.8, 4) is 0 Å². The molecule has 20 heavy (non-hydrogen) atoms. The van der Waals surface area contributed by atoms with Crippen LogP contribution in [0.25, 0.3) is 0 Å². The predicted octanol–water partition coefficient (Wildman–Crippen LogP) is 1.35. The summed E-state index contributed by atoms with van der Waals surface area (Å²) in [7, 11) is 1.42. The third-order valence-corrected chi connectivity index (χ3v) is 4.71. The van der Waals surface area contributed by atoms with Gasteiger partial charge in [0, 0.05) is 5.69 Å². The molecule has 2 aliphatic rings. The maximum Gasteiger partial charge on any atom is 0.327 e. The largest absolute Gasteiger partial charge is 0.468 e. The first kappa shape index (κ1) is 13.6. The van der Waals surface area contributed by atoms with Gasteiger partial charge in [-0.1, -0.05) is 0 Å². The minimum Gasteiger partial charge on any atom is -0.468 e. The molecule has 110 valence electrons. The average molecular weight is 277 g/mol. The highest BCUT2D eigenvalue weighted by Crippen LogP contribution is 2.40. The molecule has 5 nitrogen and oxygen atoms in total. The third-order valence-electron chi connectivity index (χ3n) is 4.71. The van der Waals surface area contributed by atoms with Gasteiger partial charge >= 0.3 is 5.97 Å². The van der Waals surface area contributed by atoms with Gasteiger partial charge in [-0.2, -0.15) is 0 Å². The van der Waals surface area contributed by atoms with Crippen molar-refractivity contribution in [1.29, 1.82) is 0 Å². The maximum atomic E-state index is 12.1. The highest BCUT2D eigenvalue weighted by Gasteiger charge is 2.49. The monoisotopic (exact) mass is 277 g/mol. The van der Waals surface area contributed by atoms with E-state index >= 15 is 0 Å². The Hall–Kier alpha value is -1.36. The standard InChI is InChI=1S/C15H23N3O2/c1-10-17-12-5-3-4-6-13(12)18(10)9-15(16,11-7-8-11)14(19)20-2/h11H,3-9,16H2,1-2H3. The topological polar surface area (TPSA) is 70.1 Å². The lowest BCUT2D eigenvalue weighted by Crippen LogP contribution is -2.54. The highest BCUT2D eigenvalue weighted by molar-refractivity contribution is 5.81. The van der Waals surface area contributed by atoms with E-state index in [2.05, 4.69) is 9.55 Å². The first-order valence-corrected chi connectivity index (χ1v) is 7.48. The second kappa shape index (κ2) is 4.88. The molecule has 2 aliphatic carbocycles. The molecule has 0 amide bonds. The normalized spacial score (nSPS) is 21.1. The van der Waals surface area contributed by atoms with Gasteiger partial charge in [0.2, 0.25) is 0 Å². The number of nitrogens with two attached hydrogens (primary N) is 1. The van der Waals surface area contributed by atoms with Gasteiger partial charge in [0.05, 0.1) is 19.3 Å². The van der Waals surface area contributed by atoms with E-state index in [4.69, 9.17) is 10.5 Å². The van der Waals surface area contributed by atoms with Crippen LogP contribution in [0, 0.1) is 12.8 Å². The molecule has 0 spiro atoms. The zero-order valence-electron chi connectivity index (χ0n) is 12.3. The van der Waals surface area contributed by atoms with E-state index in [1.807, 2.05) is 6.92 Å². The molecule has 3 rings (SSSR count). The van der Waals surface area contributed by atoms with E-state index in [-0.39, 0.29) is 11.9 Å². The lowest BCUT2D eigenvalue weighted by atomic mass is 9.93. The number of aryl methyl sites for hydroxylation is 2. The molecule has 5 heteroatoms. The van der Waals surface area contributed by atoms with Gasteiger partial charge in [-0.05, 0) is 51.4 Å². The van der Waals surface area contributed by atoms with Crippen molar-refractivity contribution < 1.29 is 9.53 Å². The summed E-state index contributed by atoms with van der Waals surface area (Å²) in [6.07, 6.45) is 6.51. The van der Waals surface area contributed by atoms with Crippen LogP contribution in [0.15, 0.2) is 0 Å².